The van der Waals surface area contributed by atoms with Gasteiger partial charge in [0.2, 0.25) is 11.6 Å². The molecule has 13 nitrogen and oxygen atoms in total. The molecule has 2 aromatic heterocycles. The fraction of sp³-hybridized carbons (Fsp3) is 0.182. The third-order valence-corrected chi connectivity index (χ3v) is 4.83. The summed E-state index contributed by atoms with van der Waals surface area (Å²) in [5.74, 6) is 1.28. The standard InChI is InChI=1S/C22H22N8O5/c1-4-34-15-8-5-13(6-9-15)19-18(25-29-30(19)21-20(23)27-35-28-21)22(31)26-24-12-14-7-10-16(32-2)11-17(14)33-3/h5-12H,4H2,1-3H3,(H2,23,27)(H,26,31). The van der Waals surface area contributed by atoms with Crippen molar-refractivity contribution in [1.29, 1.82) is 0 Å². The number of hydrazone groups is 1. The molecule has 180 valence electrons. The monoisotopic (exact) mass is 478 g/mol. The van der Waals surface area contributed by atoms with Gasteiger partial charge in [0.1, 0.15) is 22.9 Å². The van der Waals surface area contributed by atoms with Crippen molar-refractivity contribution in [2.45, 2.75) is 6.92 Å². The number of carbonyl (C=O) groups excluding carboxylic acids is 1. The quantitative estimate of drug-likeness (QED) is 0.269. The summed E-state index contributed by atoms with van der Waals surface area (Å²) in [6.07, 6.45) is 1.44. The zero-order valence-corrected chi connectivity index (χ0v) is 19.1. The first-order chi connectivity index (χ1) is 17.0. The Morgan fingerprint density at radius 2 is 1.91 bits per heavy atom. The van der Waals surface area contributed by atoms with Gasteiger partial charge in [0.15, 0.2) is 5.69 Å². The van der Waals surface area contributed by atoms with Crippen LogP contribution in [0.2, 0.25) is 0 Å². The fourth-order valence-corrected chi connectivity index (χ4v) is 3.19. The van der Waals surface area contributed by atoms with Crippen LogP contribution < -0.4 is 25.4 Å². The van der Waals surface area contributed by atoms with Crippen LogP contribution in [0.4, 0.5) is 5.82 Å². The molecule has 0 fully saturated rings. The molecule has 1 amide bonds. The topological polar surface area (TPSA) is 165 Å². The Balaban J connectivity index is 1.65. The summed E-state index contributed by atoms with van der Waals surface area (Å²) >= 11 is 0. The maximum Gasteiger partial charge on any atom is 0.294 e. The van der Waals surface area contributed by atoms with Crippen LogP contribution in [0, 0.1) is 0 Å². The van der Waals surface area contributed by atoms with E-state index in [0.29, 0.717) is 40.7 Å². The van der Waals surface area contributed by atoms with E-state index in [0.717, 1.165) is 0 Å². The summed E-state index contributed by atoms with van der Waals surface area (Å²) in [7, 11) is 3.08. The van der Waals surface area contributed by atoms with Crippen LogP contribution in [0.15, 0.2) is 52.2 Å². The van der Waals surface area contributed by atoms with Crippen LogP contribution in [0.25, 0.3) is 17.1 Å². The van der Waals surface area contributed by atoms with Crippen LogP contribution >= 0.6 is 0 Å². The van der Waals surface area contributed by atoms with Crippen LogP contribution in [0.3, 0.4) is 0 Å². The second-order valence-electron chi connectivity index (χ2n) is 6.94. The minimum Gasteiger partial charge on any atom is -0.497 e. The second kappa shape index (κ2) is 10.3. The third kappa shape index (κ3) is 4.88. The van der Waals surface area contributed by atoms with Crippen molar-refractivity contribution in [3.63, 3.8) is 0 Å². The summed E-state index contributed by atoms with van der Waals surface area (Å²) in [5, 5.41) is 19.4. The number of ether oxygens (including phenoxy) is 3. The molecule has 0 bridgehead atoms. The summed E-state index contributed by atoms with van der Waals surface area (Å²) in [4.78, 5) is 13.0. The lowest BCUT2D eigenvalue weighted by atomic mass is 10.1. The van der Waals surface area contributed by atoms with E-state index in [1.54, 1.807) is 49.6 Å². The molecule has 13 heteroatoms. The molecular formula is C22H22N8O5. The molecule has 4 aromatic rings. The average Bonchev–Trinajstić information content (AvgIpc) is 3.50. The van der Waals surface area contributed by atoms with E-state index in [9.17, 15) is 4.79 Å². The first kappa shape index (κ1) is 23.2. The predicted molar refractivity (Wildman–Crippen MR) is 125 cm³/mol. The highest BCUT2D eigenvalue weighted by Crippen LogP contribution is 2.28. The molecule has 2 heterocycles. The van der Waals surface area contributed by atoms with Crippen molar-refractivity contribution in [3.8, 4) is 34.3 Å². The van der Waals surface area contributed by atoms with Gasteiger partial charge in [0.05, 0.1) is 27.0 Å². The van der Waals surface area contributed by atoms with Gasteiger partial charge in [-0.2, -0.15) is 9.78 Å². The SMILES string of the molecule is CCOc1ccc(-c2c(C(=O)NN=Cc3ccc(OC)cc3OC)nnn2-c2nonc2N)cc1. The maximum absolute atomic E-state index is 13.0. The Morgan fingerprint density at radius 3 is 2.57 bits per heavy atom. The van der Waals surface area contributed by atoms with Crippen molar-refractivity contribution in [3.05, 3.63) is 53.7 Å². The lowest BCUT2D eigenvalue weighted by molar-refractivity contribution is 0.0950. The number of nitrogens with one attached hydrogen (secondary N) is 1. The zero-order valence-electron chi connectivity index (χ0n) is 19.1. The number of carbonyl (C=O) groups is 1. The average molecular weight is 478 g/mol. The van der Waals surface area contributed by atoms with E-state index in [-0.39, 0.29) is 17.3 Å². The Hall–Kier alpha value is -4.94. The van der Waals surface area contributed by atoms with E-state index < -0.39 is 5.91 Å². The molecule has 3 N–H and O–H groups in total. The molecule has 0 unspecified atom stereocenters. The van der Waals surface area contributed by atoms with Crippen LogP contribution in [-0.4, -0.2) is 58.3 Å². The number of hydrogen-bond donors (Lipinski definition) is 2. The summed E-state index contributed by atoms with van der Waals surface area (Å²) < 4.78 is 22.0. The van der Waals surface area contributed by atoms with Crippen LogP contribution in [-0.2, 0) is 0 Å². The highest BCUT2D eigenvalue weighted by molar-refractivity contribution is 5.99. The number of nitrogens with zero attached hydrogens (tertiary/aromatic N) is 6. The molecule has 4 rings (SSSR count). The Kier molecular flexibility index (Phi) is 6.86. The first-order valence-electron chi connectivity index (χ1n) is 10.4. The van der Waals surface area contributed by atoms with Gasteiger partial charge < -0.3 is 19.9 Å². The lowest BCUT2D eigenvalue weighted by Gasteiger charge is -2.08. The van der Waals surface area contributed by atoms with Gasteiger partial charge in [0.25, 0.3) is 5.91 Å². The molecule has 2 aromatic carbocycles. The number of benzene rings is 2. The Morgan fingerprint density at radius 1 is 1.14 bits per heavy atom. The summed E-state index contributed by atoms with van der Waals surface area (Å²) in [5.41, 5.74) is 9.82. The van der Waals surface area contributed by atoms with Crippen molar-refractivity contribution < 1.29 is 23.6 Å². The summed E-state index contributed by atoms with van der Waals surface area (Å²) in [6, 6.07) is 12.2. The number of anilines is 1. The Bertz CT molecular complexity index is 1350. The summed E-state index contributed by atoms with van der Waals surface area (Å²) in [6.45, 7) is 2.41. The molecule has 0 aliphatic rings. The third-order valence-electron chi connectivity index (χ3n) is 4.83. The van der Waals surface area contributed by atoms with Gasteiger partial charge in [-0.15, -0.1) is 5.10 Å². The van der Waals surface area contributed by atoms with Gasteiger partial charge in [-0.25, -0.2) is 10.1 Å². The number of aromatic nitrogens is 5. The molecule has 0 aliphatic heterocycles. The molecule has 0 saturated heterocycles. The van der Waals surface area contributed by atoms with E-state index in [1.807, 2.05) is 6.92 Å². The fourth-order valence-electron chi connectivity index (χ4n) is 3.19. The number of hydrogen-bond acceptors (Lipinski definition) is 11. The van der Waals surface area contributed by atoms with Crippen molar-refractivity contribution in [2.24, 2.45) is 5.10 Å². The molecule has 0 spiro atoms. The number of nitrogens with two attached hydrogens (primary N) is 1. The van der Waals surface area contributed by atoms with E-state index in [2.05, 4.69) is 35.8 Å². The molecule has 0 radical (unpaired) electrons. The van der Waals surface area contributed by atoms with Crippen molar-refractivity contribution >= 4 is 17.9 Å². The highest BCUT2D eigenvalue weighted by Gasteiger charge is 2.25. The largest absolute Gasteiger partial charge is 0.497 e. The van der Waals surface area contributed by atoms with Crippen LogP contribution in [0.1, 0.15) is 23.0 Å². The maximum atomic E-state index is 13.0. The Labute approximate surface area is 199 Å². The van der Waals surface area contributed by atoms with Crippen molar-refractivity contribution in [1.82, 2.24) is 30.7 Å². The van der Waals surface area contributed by atoms with Gasteiger partial charge in [-0.1, -0.05) is 5.21 Å². The predicted octanol–water partition coefficient (Wildman–Crippen LogP) is 2.08. The number of nitrogen functional groups attached to an aromatic ring is 1. The molecular weight excluding hydrogens is 456 g/mol. The van der Waals surface area contributed by atoms with Gasteiger partial charge in [-0.3, -0.25) is 4.79 Å². The molecule has 35 heavy (non-hydrogen) atoms. The highest BCUT2D eigenvalue weighted by atomic mass is 16.6. The van der Waals surface area contributed by atoms with E-state index >= 15 is 0 Å². The van der Waals surface area contributed by atoms with E-state index in [1.165, 1.54) is 18.0 Å². The molecule has 0 saturated carbocycles. The van der Waals surface area contributed by atoms with Crippen LogP contribution in [0.5, 0.6) is 17.2 Å². The zero-order chi connectivity index (χ0) is 24.8. The number of methoxy groups -OCH3 is 2. The van der Waals surface area contributed by atoms with Gasteiger partial charge in [-0.05, 0) is 53.6 Å². The number of amides is 1. The van der Waals surface area contributed by atoms with Crippen molar-refractivity contribution in [2.75, 3.05) is 26.6 Å². The normalized spacial score (nSPS) is 10.9. The number of rotatable bonds is 9. The molecule has 0 atom stereocenters. The van der Waals surface area contributed by atoms with Gasteiger partial charge in [0, 0.05) is 17.2 Å². The second-order valence-corrected chi connectivity index (χ2v) is 6.94. The minimum atomic E-state index is -0.612. The smallest absolute Gasteiger partial charge is 0.294 e. The molecule has 0 aliphatic carbocycles. The van der Waals surface area contributed by atoms with E-state index in [4.69, 9.17) is 19.9 Å². The minimum absolute atomic E-state index is 0.0151. The lowest BCUT2D eigenvalue weighted by Crippen LogP contribution is -2.19. The first-order valence-corrected chi connectivity index (χ1v) is 10.4. The van der Waals surface area contributed by atoms with Gasteiger partial charge >= 0.3 is 0 Å².